The van der Waals surface area contributed by atoms with Crippen molar-refractivity contribution < 1.29 is 22.7 Å². The Morgan fingerprint density at radius 3 is 2.53 bits per heavy atom. The van der Waals surface area contributed by atoms with Crippen molar-refractivity contribution in [3.05, 3.63) is 81.6 Å². The molecule has 5 nitrogen and oxygen atoms in total. The van der Waals surface area contributed by atoms with Gasteiger partial charge in [0.2, 0.25) is 0 Å². The van der Waals surface area contributed by atoms with Gasteiger partial charge in [0.25, 0.3) is 5.91 Å². The molecule has 2 aromatic carbocycles. The normalized spacial score (nSPS) is 11.5. The molecular formula is C20H16Cl2F3N3O2. The van der Waals surface area contributed by atoms with Gasteiger partial charge in [0.15, 0.2) is 0 Å². The number of nitrogens with one attached hydrogen (secondary N) is 1. The lowest BCUT2D eigenvalue weighted by Crippen LogP contribution is -2.17. The van der Waals surface area contributed by atoms with Crippen molar-refractivity contribution in [1.29, 1.82) is 0 Å². The predicted octanol–water partition coefficient (Wildman–Crippen LogP) is 5.57. The van der Waals surface area contributed by atoms with E-state index < -0.39 is 18.7 Å². The van der Waals surface area contributed by atoms with Crippen molar-refractivity contribution in [2.75, 3.05) is 11.9 Å². The van der Waals surface area contributed by atoms with E-state index in [0.717, 1.165) is 0 Å². The van der Waals surface area contributed by atoms with E-state index >= 15 is 0 Å². The van der Waals surface area contributed by atoms with Crippen LogP contribution in [0.3, 0.4) is 0 Å². The predicted molar refractivity (Wildman–Crippen MR) is 108 cm³/mol. The Bertz CT molecular complexity index is 1020. The lowest BCUT2D eigenvalue weighted by Gasteiger charge is -2.09. The summed E-state index contributed by atoms with van der Waals surface area (Å²) in [6, 6.07) is 11.4. The van der Waals surface area contributed by atoms with Crippen LogP contribution in [-0.2, 0) is 17.9 Å². The molecule has 1 N–H and O–H groups in total. The molecule has 0 radical (unpaired) electrons. The molecule has 0 saturated carbocycles. The minimum absolute atomic E-state index is 0.253. The number of halogens is 5. The van der Waals surface area contributed by atoms with E-state index in [4.69, 9.17) is 23.2 Å². The molecule has 1 amide bonds. The smallest absolute Gasteiger partial charge is 0.367 e. The van der Waals surface area contributed by atoms with Crippen LogP contribution in [0.1, 0.15) is 21.5 Å². The fraction of sp³-hybridized carbons (Fsp3) is 0.200. The van der Waals surface area contributed by atoms with Crippen LogP contribution in [0, 0.1) is 0 Å². The number of nitrogens with zero attached hydrogens (tertiary/aromatic N) is 2. The summed E-state index contributed by atoms with van der Waals surface area (Å²) in [5, 5.41) is 7.89. The van der Waals surface area contributed by atoms with Crippen molar-refractivity contribution >= 4 is 34.8 Å². The number of aromatic nitrogens is 2. The van der Waals surface area contributed by atoms with Crippen LogP contribution in [0.5, 0.6) is 0 Å². The van der Waals surface area contributed by atoms with Gasteiger partial charge in [-0.05, 0) is 29.8 Å². The maximum absolute atomic E-state index is 12.5. The third-order valence-corrected chi connectivity index (χ3v) is 4.70. The van der Waals surface area contributed by atoms with Gasteiger partial charge in [-0.1, -0.05) is 41.4 Å². The van der Waals surface area contributed by atoms with Gasteiger partial charge in [-0.25, -0.2) is 0 Å². The summed E-state index contributed by atoms with van der Waals surface area (Å²) in [6.07, 6.45) is -1.31. The van der Waals surface area contributed by atoms with Gasteiger partial charge in [0.1, 0.15) is 6.61 Å². The number of benzene rings is 2. The highest BCUT2D eigenvalue weighted by molar-refractivity contribution is 6.35. The minimum Gasteiger partial charge on any atom is -0.367 e. The molecule has 0 unspecified atom stereocenters. The first-order chi connectivity index (χ1) is 14.2. The fourth-order valence-electron chi connectivity index (χ4n) is 2.65. The van der Waals surface area contributed by atoms with Crippen LogP contribution in [0.4, 0.5) is 18.9 Å². The van der Waals surface area contributed by atoms with Crippen molar-refractivity contribution in [3.63, 3.8) is 0 Å². The zero-order chi connectivity index (χ0) is 21.7. The first-order valence-corrected chi connectivity index (χ1v) is 9.47. The van der Waals surface area contributed by atoms with Gasteiger partial charge in [0.05, 0.1) is 25.0 Å². The van der Waals surface area contributed by atoms with E-state index in [9.17, 15) is 18.0 Å². The van der Waals surface area contributed by atoms with Crippen LogP contribution in [0.25, 0.3) is 0 Å². The second-order valence-corrected chi connectivity index (χ2v) is 7.20. The molecular weight excluding hydrogens is 442 g/mol. The Kier molecular flexibility index (Phi) is 7.02. The van der Waals surface area contributed by atoms with Gasteiger partial charge in [-0.2, -0.15) is 18.3 Å². The highest BCUT2D eigenvalue weighted by Crippen LogP contribution is 2.25. The van der Waals surface area contributed by atoms with Crippen molar-refractivity contribution in [2.24, 2.45) is 0 Å². The van der Waals surface area contributed by atoms with E-state index in [0.29, 0.717) is 33.4 Å². The molecule has 0 aliphatic rings. The van der Waals surface area contributed by atoms with E-state index in [1.165, 1.54) is 12.3 Å². The van der Waals surface area contributed by atoms with E-state index in [1.807, 2.05) is 0 Å². The average molecular weight is 458 g/mol. The maximum atomic E-state index is 12.5. The summed E-state index contributed by atoms with van der Waals surface area (Å²) in [5.74, 6) is -0.428. The highest BCUT2D eigenvalue weighted by atomic mass is 35.5. The number of anilines is 1. The summed E-state index contributed by atoms with van der Waals surface area (Å²) >= 11 is 12.3. The number of rotatable bonds is 7. The number of ether oxygens (including phenoxy) is 1. The van der Waals surface area contributed by atoms with E-state index in [1.54, 1.807) is 47.3 Å². The SMILES string of the molecule is O=C(Nc1cnn(Cc2c(Cl)cccc2Cl)c1)c1cccc(COCC(F)(F)F)c1. The zero-order valence-electron chi connectivity index (χ0n) is 15.4. The average Bonchev–Trinajstić information content (AvgIpc) is 3.11. The van der Waals surface area contributed by atoms with Crippen LogP contribution in [0.2, 0.25) is 10.0 Å². The van der Waals surface area contributed by atoms with Gasteiger partial charge < -0.3 is 10.1 Å². The molecule has 30 heavy (non-hydrogen) atoms. The number of carbonyl (C=O) groups is 1. The Morgan fingerprint density at radius 2 is 1.83 bits per heavy atom. The third-order valence-electron chi connectivity index (χ3n) is 4.00. The second-order valence-electron chi connectivity index (χ2n) is 6.39. The summed E-state index contributed by atoms with van der Waals surface area (Å²) in [6.45, 7) is -1.28. The van der Waals surface area contributed by atoms with Gasteiger partial charge in [0, 0.05) is 27.4 Å². The lowest BCUT2D eigenvalue weighted by atomic mass is 10.1. The molecule has 1 heterocycles. The number of amides is 1. The third kappa shape index (κ3) is 6.22. The first-order valence-electron chi connectivity index (χ1n) is 8.71. The van der Waals surface area contributed by atoms with Gasteiger partial charge in [-0.15, -0.1) is 0 Å². The van der Waals surface area contributed by atoms with Crippen molar-refractivity contribution in [3.8, 4) is 0 Å². The van der Waals surface area contributed by atoms with Crippen molar-refractivity contribution in [1.82, 2.24) is 9.78 Å². The Morgan fingerprint density at radius 1 is 1.13 bits per heavy atom. The molecule has 0 aliphatic heterocycles. The van der Waals surface area contributed by atoms with Crippen LogP contribution in [0.15, 0.2) is 54.9 Å². The minimum atomic E-state index is -4.40. The largest absolute Gasteiger partial charge is 0.411 e. The Labute approximate surface area is 180 Å². The highest BCUT2D eigenvalue weighted by Gasteiger charge is 2.27. The molecule has 0 aliphatic carbocycles. The van der Waals surface area contributed by atoms with Crippen molar-refractivity contribution in [2.45, 2.75) is 19.3 Å². The second kappa shape index (κ2) is 9.51. The fourth-order valence-corrected chi connectivity index (χ4v) is 3.17. The van der Waals surface area contributed by atoms with Crippen LogP contribution >= 0.6 is 23.2 Å². The molecule has 0 fully saturated rings. The lowest BCUT2D eigenvalue weighted by molar-refractivity contribution is -0.176. The molecule has 10 heteroatoms. The number of hydrogen-bond acceptors (Lipinski definition) is 3. The van der Waals surface area contributed by atoms with E-state index in [2.05, 4.69) is 15.2 Å². The number of carbonyl (C=O) groups excluding carboxylic acids is 1. The zero-order valence-corrected chi connectivity index (χ0v) is 16.9. The summed E-state index contributed by atoms with van der Waals surface area (Å²) in [5.41, 5.74) is 1.89. The maximum Gasteiger partial charge on any atom is 0.411 e. The molecule has 0 atom stereocenters. The molecule has 3 aromatic rings. The van der Waals surface area contributed by atoms with Crippen LogP contribution in [-0.4, -0.2) is 28.5 Å². The van der Waals surface area contributed by atoms with Gasteiger partial charge >= 0.3 is 6.18 Å². The van der Waals surface area contributed by atoms with Crippen LogP contribution < -0.4 is 5.32 Å². The quantitative estimate of drug-likeness (QED) is 0.504. The topological polar surface area (TPSA) is 56.2 Å². The van der Waals surface area contributed by atoms with E-state index in [-0.39, 0.29) is 12.2 Å². The first kappa shape index (κ1) is 22.1. The Balaban J connectivity index is 1.62. The standard InChI is InChI=1S/C20H16Cl2F3N3O2/c21-17-5-2-6-18(22)16(17)10-28-9-15(8-26-28)27-19(29)14-4-1-3-13(7-14)11-30-12-20(23,24)25/h1-9H,10-12H2,(H,27,29). The summed E-state index contributed by atoms with van der Waals surface area (Å²) in [7, 11) is 0. The summed E-state index contributed by atoms with van der Waals surface area (Å²) < 4.78 is 42.7. The molecule has 0 bridgehead atoms. The molecule has 0 saturated heterocycles. The molecule has 3 rings (SSSR count). The number of alkyl halides is 3. The monoisotopic (exact) mass is 457 g/mol. The Hall–Kier alpha value is -2.55. The molecule has 1 aromatic heterocycles. The number of hydrogen-bond donors (Lipinski definition) is 1. The van der Waals surface area contributed by atoms with Gasteiger partial charge in [-0.3, -0.25) is 9.48 Å². The molecule has 0 spiro atoms. The summed E-state index contributed by atoms with van der Waals surface area (Å²) in [4.78, 5) is 12.5. The molecule has 158 valence electrons.